The van der Waals surface area contributed by atoms with E-state index in [4.69, 9.17) is 0 Å². The number of thiazole rings is 1. The summed E-state index contributed by atoms with van der Waals surface area (Å²) in [7, 11) is 0. The zero-order valence-corrected chi connectivity index (χ0v) is 12.4. The fraction of sp³-hybridized carbons (Fsp3) is 0.333. The molecule has 1 aromatic carbocycles. The Bertz CT molecular complexity index is 593. The zero-order chi connectivity index (χ0) is 14.5. The van der Waals surface area contributed by atoms with Crippen molar-refractivity contribution < 1.29 is 9.90 Å². The maximum absolute atomic E-state index is 12.1. The van der Waals surface area contributed by atoms with Crippen LogP contribution in [0.15, 0.2) is 30.5 Å². The Morgan fingerprint density at radius 3 is 2.65 bits per heavy atom. The molecule has 1 heterocycles. The van der Waals surface area contributed by atoms with Gasteiger partial charge in [0.25, 0.3) is 5.91 Å². The molecule has 0 aliphatic heterocycles. The third-order valence-corrected chi connectivity index (χ3v) is 4.27. The molecular formula is C15H18N2O2S. The average Bonchev–Trinajstić information content (AvgIpc) is 2.95. The first kappa shape index (κ1) is 14.7. The van der Waals surface area contributed by atoms with Crippen molar-refractivity contribution in [2.45, 2.75) is 32.9 Å². The first-order valence-corrected chi connectivity index (χ1v) is 7.35. The Kier molecular flexibility index (Phi) is 4.87. The Hall–Kier alpha value is -1.72. The molecule has 0 saturated heterocycles. The molecule has 0 aliphatic carbocycles. The topological polar surface area (TPSA) is 62.2 Å². The number of amides is 1. The van der Waals surface area contributed by atoms with Gasteiger partial charge >= 0.3 is 0 Å². The molecule has 0 atom stereocenters. The Balaban J connectivity index is 2.01. The highest BCUT2D eigenvalue weighted by Gasteiger charge is 2.12. The van der Waals surface area contributed by atoms with Crippen LogP contribution in [0.2, 0.25) is 0 Å². The van der Waals surface area contributed by atoms with Gasteiger partial charge in [0.2, 0.25) is 0 Å². The number of hydrogen-bond acceptors (Lipinski definition) is 4. The second-order valence-corrected chi connectivity index (χ2v) is 5.89. The quantitative estimate of drug-likeness (QED) is 0.890. The van der Waals surface area contributed by atoms with Gasteiger partial charge in [-0.2, -0.15) is 0 Å². The molecule has 1 aromatic heterocycles. The Morgan fingerprint density at radius 1 is 1.35 bits per heavy atom. The highest BCUT2D eigenvalue weighted by molar-refractivity contribution is 7.13. The second-order valence-electron chi connectivity index (χ2n) is 4.83. The summed E-state index contributed by atoms with van der Waals surface area (Å²) < 4.78 is 0. The van der Waals surface area contributed by atoms with Crippen LogP contribution in [0.25, 0.3) is 0 Å². The molecule has 0 unspecified atom stereocenters. The number of aromatic nitrogens is 1. The number of aliphatic hydroxyl groups excluding tert-OH is 1. The lowest BCUT2D eigenvalue weighted by Crippen LogP contribution is -2.22. The standard InChI is InChI=1S/C15H18N2O2S/c1-10(2)15-17-8-13(20-15)14(19)16-7-11-5-3-4-6-12(11)9-18/h3-6,8,10,18H,7,9H2,1-2H3,(H,16,19). The summed E-state index contributed by atoms with van der Waals surface area (Å²) in [5, 5.41) is 13.1. The molecule has 0 spiro atoms. The molecule has 2 rings (SSSR count). The summed E-state index contributed by atoms with van der Waals surface area (Å²) >= 11 is 1.42. The van der Waals surface area contributed by atoms with E-state index in [1.807, 2.05) is 24.3 Å². The molecular weight excluding hydrogens is 272 g/mol. The van der Waals surface area contributed by atoms with Gasteiger partial charge < -0.3 is 10.4 Å². The molecule has 0 saturated carbocycles. The van der Waals surface area contributed by atoms with E-state index in [2.05, 4.69) is 24.1 Å². The van der Waals surface area contributed by atoms with E-state index in [0.717, 1.165) is 16.1 Å². The number of nitrogens with one attached hydrogen (secondary N) is 1. The summed E-state index contributed by atoms with van der Waals surface area (Å²) in [5.74, 6) is 0.207. The summed E-state index contributed by atoms with van der Waals surface area (Å²) in [5.41, 5.74) is 1.76. The number of carbonyl (C=O) groups is 1. The van der Waals surface area contributed by atoms with Gasteiger partial charge in [-0.3, -0.25) is 4.79 Å². The first-order chi connectivity index (χ1) is 9.61. The molecule has 0 radical (unpaired) electrons. The van der Waals surface area contributed by atoms with Crippen LogP contribution in [0.1, 0.15) is 45.6 Å². The van der Waals surface area contributed by atoms with Gasteiger partial charge in [-0.1, -0.05) is 38.1 Å². The molecule has 2 aromatic rings. The van der Waals surface area contributed by atoms with Crippen LogP contribution >= 0.6 is 11.3 Å². The van der Waals surface area contributed by atoms with Crippen molar-refractivity contribution in [2.75, 3.05) is 0 Å². The predicted molar refractivity (Wildman–Crippen MR) is 79.7 cm³/mol. The van der Waals surface area contributed by atoms with Crippen LogP contribution in [-0.4, -0.2) is 16.0 Å². The van der Waals surface area contributed by atoms with Crippen molar-refractivity contribution in [1.82, 2.24) is 10.3 Å². The monoisotopic (exact) mass is 290 g/mol. The summed E-state index contributed by atoms with van der Waals surface area (Å²) in [6.45, 7) is 4.49. The summed E-state index contributed by atoms with van der Waals surface area (Å²) in [4.78, 5) is 16.9. The molecule has 106 valence electrons. The average molecular weight is 290 g/mol. The van der Waals surface area contributed by atoms with E-state index in [1.54, 1.807) is 6.20 Å². The molecule has 0 fully saturated rings. The number of carbonyl (C=O) groups excluding carboxylic acids is 1. The second kappa shape index (κ2) is 6.63. The highest BCUT2D eigenvalue weighted by Crippen LogP contribution is 2.21. The van der Waals surface area contributed by atoms with E-state index in [-0.39, 0.29) is 12.5 Å². The van der Waals surface area contributed by atoms with E-state index in [0.29, 0.717) is 17.3 Å². The van der Waals surface area contributed by atoms with Crippen molar-refractivity contribution in [3.05, 3.63) is 51.5 Å². The third-order valence-electron chi connectivity index (χ3n) is 2.97. The number of aliphatic hydroxyl groups is 1. The van der Waals surface area contributed by atoms with Gasteiger partial charge in [-0.25, -0.2) is 4.98 Å². The SMILES string of the molecule is CC(C)c1ncc(C(=O)NCc2ccccc2CO)s1. The largest absolute Gasteiger partial charge is 0.392 e. The van der Waals surface area contributed by atoms with E-state index in [9.17, 15) is 9.90 Å². The van der Waals surface area contributed by atoms with Gasteiger partial charge in [-0.05, 0) is 11.1 Å². The molecule has 20 heavy (non-hydrogen) atoms. The van der Waals surface area contributed by atoms with Crippen LogP contribution in [0.4, 0.5) is 0 Å². The van der Waals surface area contributed by atoms with Gasteiger partial charge in [0.05, 0.1) is 17.8 Å². The maximum Gasteiger partial charge on any atom is 0.263 e. The smallest absolute Gasteiger partial charge is 0.263 e. The minimum Gasteiger partial charge on any atom is -0.392 e. The molecule has 0 aliphatic rings. The van der Waals surface area contributed by atoms with Crippen molar-refractivity contribution in [1.29, 1.82) is 0 Å². The fourth-order valence-electron chi connectivity index (χ4n) is 1.81. The first-order valence-electron chi connectivity index (χ1n) is 6.53. The van der Waals surface area contributed by atoms with Crippen molar-refractivity contribution in [3.63, 3.8) is 0 Å². The van der Waals surface area contributed by atoms with Crippen molar-refractivity contribution in [3.8, 4) is 0 Å². The number of nitrogens with zero attached hydrogens (tertiary/aromatic N) is 1. The Labute approximate surface area is 122 Å². The molecule has 4 nitrogen and oxygen atoms in total. The molecule has 0 bridgehead atoms. The minimum atomic E-state index is -0.123. The van der Waals surface area contributed by atoms with Crippen LogP contribution in [-0.2, 0) is 13.2 Å². The molecule has 5 heteroatoms. The third kappa shape index (κ3) is 3.43. The van der Waals surface area contributed by atoms with Gasteiger partial charge in [0.1, 0.15) is 4.88 Å². The van der Waals surface area contributed by atoms with Gasteiger partial charge in [-0.15, -0.1) is 11.3 Å². The van der Waals surface area contributed by atoms with E-state index >= 15 is 0 Å². The predicted octanol–water partition coefficient (Wildman–Crippen LogP) is 2.69. The van der Waals surface area contributed by atoms with Crippen LogP contribution in [0.5, 0.6) is 0 Å². The number of hydrogen-bond donors (Lipinski definition) is 2. The lowest BCUT2D eigenvalue weighted by atomic mass is 10.1. The summed E-state index contributed by atoms with van der Waals surface area (Å²) in [6, 6.07) is 7.52. The molecule has 1 amide bonds. The Morgan fingerprint density at radius 2 is 2.05 bits per heavy atom. The van der Waals surface area contributed by atoms with Gasteiger partial charge in [0, 0.05) is 12.5 Å². The van der Waals surface area contributed by atoms with Crippen molar-refractivity contribution >= 4 is 17.2 Å². The maximum atomic E-state index is 12.1. The normalized spacial score (nSPS) is 10.8. The number of rotatable bonds is 5. The molecule has 2 N–H and O–H groups in total. The zero-order valence-electron chi connectivity index (χ0n) is 11.6. The van der Waals surface area contributed by atoms with Crippen LogP contribution < -0.4 is 5.32 Å². The lowest BCUT2D eigenvalue weighted by Gasteiger charge is -2.07. The number of benzene rings is 1. The summed E-state index contributed by atoms with van der Waals surface area (Å²) in [6.07, 6.45) is 1.62. The van der Waals surface area contributed by atoms with Crippen LogP contribution in [0, 0.1) is 0 Å². The van der Waals surface area contributed by atoms with Crippen molar-refractivity contribution in [2.24, 2.45) is 0 Å². The van der Waals surface area contributed by atoms with Gasteiger partial charge in [0.15, 0.2) is 0 Å². The van der Waals surface area contributed by atoms with E-state index < -0.39 is 0 Å². The fourth-order valence-corrected chi connectivity index (χ4v) is 2.64. The minimum absolute atomic E-state index is 0.0237. The lowest BCUT2D eigenvalue weighted by molar-refractivity contribution is 0.0954. The highest BCUT2D eigenvalue weighted by atomic mass is 32.1. The van der Waals surface area contributed by atoms with Crippen LogP contribution in [0.3, 0.4) is 0 Å². The van der Waals surface area contributed by atoms with E-state index in [1.165, 1.54) is 11.3 Å².